The van der Waals surface area contributed by atoms with E-state index < -0.39 is 5.09 Å². The standard InChI is InChI=1S/C3H8N2O3.ClH/c1-3(4)2-8-5(6)7;/h3H,2,4H2,1H3;1H/t3-;/m0./s1. The third-order valence-electron chi connectivity index (χ3n) is 0.443. The molecule has 1 atom stereocenters. The van der Waals surface area contributed by atoms with Crippen LogP contribution in [0.5, 0.6) is 0 Å². The normalized spacial score (nSPS) is 11.3. The summed E-state index contributed by atoms with van der Waals surface area (Å²) in [7, 11) is 0. The smallest absolute Gasteiger partial charge is 0.294 e. The minimum absolute atomic E-state index is 0. The first kappa shape index (κ1) is 11.3. The first-order valence-electron chi connectivity index (χ1n) is 2.16. The summed E-state index contributed by atoms with van der Waals surface area (Å²) in [6, 6.07) is -0.277. The fourth-order valence-electron chi connectivity index (χ4n) is 0.178. The number of hydrogen-bond donors (Lipinski definition) is 1. The summed E-state index contributed by atoms with van der Waals surface area (Å²) in [4.78, 5) is 13.3. The number of nitrogens with two attached hydrogens (primary N) is 1. The van der Waals surface area contributed by atoms with Gasteiger partial charge in [0, 0.05) is 6.04 Å². The van der Waals surface area contributed by atoms with Gasteiger partial charge >= 0.3 is 0 Å². The van der Waals surface area contributed by atoms with Crippen LogP contribution in [0.4, 0.5) is 0 Å². The molecule has 2 N–H and O–H groups in total. The van der Waals surface area contributed by atoms with Gasteiger partial charge in [-0.05, 0) is 6.92 Å². The molecule has 0 fully saturated rings. The Labute approximate surface area is 58.7 Å². The third kappa shape index (κ3) is 11.2. The monoisotopic (exact) mass is 156 g/mol. The van der Waals surface area contributed by atoms with Gasteiger partial charge in [-0.1, -0.05) is 0 Å². The molecule has 0 aliphatic carbocycles. The molecule has 0 amide bonds. The number of hydrogen-bond acceptors (Lipinski definition) is 4. The maximum Gasteiger partial charge on any atom is 0.294 e. The molecule has 0 spiro atoms. The quantitative estimate of drug-likeness (QED) is 0.460. The lowest BCUT2D eigenvalue weighted by Gasteiger charge is -1.99. The van der Waals surface area contributed by atoms with Crippen molar-refractivity contribution in [3.8, 4) is 0 Å². The van der Waals surface area contributed by atoms with Crippen LogP contribution >= 0.6 is 12.4 Å². The highest BCUT2D eigenvalue weighted by Crippen LogP contribution is 1.77. The van der Waals surface area contributed by atoms with E-state index in [-0.39, 0.29) is 25.1 Å². The fraction of sp³-hybridized carbons (Fsp3) is 1.00. The Kier molecular flexibility index (Phi) is 6.99. The van der Waals surface area contributed by atoms with E-state index in [0.29, 0.717) is 0 Å². The Hall–Kier alpha value is -0.550. The van der Waals surface area contributed by atoms with Gasteiger partial charge in [-0.25, -0.2) is 0 Å². The van der Waals surface area contributed by atoms with E-state index in [4.69, 9.17) is 5.73 Å². The number of nitrogens with zero attached hydrogens (tertiary/aromatic N) is 1. The summed E-state index contributed by atoms with van der Waals surface area (Å²) in [6.45, 7) is 1.59. The van der Waals surface area contributed by atoms with Crippen LogP contribution in [0.3, 0.4) is 0 Å². The van der Waals surface area contributed by atoms with E-state index in [1.165, 1.54) is 0 Å². The van der Waals surface area contributed by atoms with Crippen molar-refractivity contribution in [1.82, 2.24) is 0 Å². The second-order valence-corrected chi connectivity index (χ2v) is 1.50. The van der Waals surface area contributed by atoms with Gasteiger partial charge in [-0.15, -0.1) is 22.5 Å². The van der Waals surface area contributed by atoms with E-state index in [9.17, 15) is 10.1 Å². The molecule has 0 aromatic rings. The second kappa shape index (κ2) is 5.58. The van der Waals surface area contributed by atoms with Gasteiger partial charge in [0.25, 0.3) is 5.09 Å². The summed E-state index contributed by atoms with van der Waals surface area (Å²) in [5.74, 6) is 0. The Morgan fingerprint density at radius 1 is 1.89 bits per heavy atom. The topological polar surface area (TPSA) is 78.4 Å². The van der Waals surface area contributed by atoms with Crippen molar-refractivity contribution in [3.63, 3.8) is 0 Å². The largest absolute Gasteiger partial charge is 0.326 e. The maximum atomic E-state index is 9.43. The van der Waals surface area contributed by atoms with E-state index in [1.807, 2.05) is 0 Å². The third-order valence-corrected chi connectivity index (χ3v) is 0.443. The molecule has 0 rings (SSSR count). The van der Waals surface area contributed by atoms with Gasteiger partial charge in [0.05, 0.1) is 0 Å². The van der Waals surface area contributed by atoms with Crippen molar-refractivity contribution in [3.05, 3.63) is 10.1 Å². The number of halogens is 1. The fourth-order valence-corrected chi connectivity index (χ4v) is 0.178. The Morgan fingerprint density at radius 2 is 2.33 bits per heavy atom. The second-order valence-electron chi connectivity index (χ2n) is 1.50. The van der Waals surface area contributed by atoms with Gasteiger partial charge in [0.15, 0.2) is 0 Å². The molecule has 0 saturated heterocycles. The van der Waals surface area contributed by atoms with Crippen LogP contribution in [-0.2, 0) is 4.84 Å². The van der Waals surface area contributed by atoms with Crippen molar-refractivity contribution < 1.29 is 9.92 Å². The van der Waals surface area contributed by atoms with Crippen LogP contribution in [0.15, 0.2) is 0 Å². The predicted octanol–water partition coefficient (Wildman–Crippen LogP) is -0.0363. The Balaban J connectivity index is 0. The average Bonchev–Trinajstić information content (AvgIpc) is 1.61. The zero-order valence-electron chi connectivity index (χ0n) is 4.94. The molecular formula is C3H9ClN2O3. The van der Waals surface area contributed by atoms with Crippen LogP contribution in [0, 0.1) is 10.1 Å². The highest BCUT2D eigenvalue weighted by molar-refractivity contribution is 5.85. The van der Waals surface area contributed by atoms with Gasteiger partial charge in [-0.2, -0.15) is 0 Å². The summed E-state index contributed by atoms with van der Waals surface area (Å²) < 4.78 is 0. The molecule has 0 aliphatic heterocycles. The molecule has 0 heterocycles. The molecule has 0 bridgehead atoms. The first-order valence-corrected chi connectivity index (χ1v) is 2.16. The Morgan fingerprint density at radius 3 is 2.44 bits per heavy atom. The summed E-state index contributed by atoms with van der Waals surface area (Å²) in [6.07, 6.45) is 0. The van der Waals surface area contributed by atoms with Crippen LogP contribution < -0.4 is 5.73 Å². The van der Waals surface area contributed by atoms with E-state index in [0.717, 1.165) is 0 Å². The highest BCUT2D eigenvalue weighted by atomic mass is 35.5. The predicted molar refractivity (Wildman–Crippen MR) is 33.8 cm³/mol. The van der Waals surface area contributed by atoms with Crippen LogP contribution in [0.2, 0.25) is 0 Å². The molecule has 6 heteroatoms. The molecule has 0 aromatic heterocycles. The molecule has 9 heavy (non-hydrogen) atoms. The minimum atomic E-state index is -0.858. The van der Waals surface area contributed by atoms with Crippen LogP contribution in [0.1, 0.15) is 6.92 Å². The van der Waals surface area contributed by atoms with Crippen molar-refractivity contribution >= 4 is 12.4 Å². The van der Waals surface area contributed by atoms with Gasteiger partial charge < -0.3 is 10.6 Å². The van der Waals surface area contributed by atoms with E-state index in [2.05, 4.69) is 4.84 Å². The van der Waals surface area contributed by atoms with Crippen LogP contribution in [0.25, 0.3) is 0 Å². The van der Waals surface area contributed by atoms with Crippen molar-refractivity contribution in [2.45, 2.75) is 13.0 Å². The molecule has 0 aliphatic rings. The molecule has 0 radical (unpaired) electrons. The molecule has 0 unspecified atom stereocenters. The molecule has 56 valence electrons. The van der Waals surface area contributed by atoms with E-state index in [1.54, 1.807) is 6.92 Å². The molecular weight excluding hydrogens is 147 g/mol. The molecule has 0 saturated carbocycles. The van der Waals surface area contributed by atoms with Crippen LogP contribution in [-0.4, -0.2) is 17.7 Å². The first-order chi connectivity index (χ1) is 3.63. The van der Waals surface area contributed by atoms with Gasteiger partial charge in [-0.3, -0.25) is 0 Å². The lowest BCUT2D eigenvalue weighted by Crippen LogP contribution is -2.23. The highest BCUT2D eigenvalue weighted by Gasteiger charge is 1.96. The SMILES string of the molecule is C[C@H](N)CO[N+](=O)[O-].Cl. The number of rotatable bonds is 3. The van der Waals surface area contributed by atoms with Gasteiger partial charge in [0.2, 0.25) is 0 Å². The minimum Gasteiger partial charge on any atom is -0.326 e. The maximum absolute atomic E-state index is 9.43. The zero-order chi connectivity index (χ0) is 6.57. The summed E-state index contributed by atoms with van der Waals surface area (Å²) >= 11 is 0. The summed E-state index contributed by atoms with van der Waals surface area (Å²) in [5.41, 5.74) is 5.11. The van der Waals surface area contributed by atoms with Crippen molar-refractivity contribution in [1.29, 1.82) is 0 Å². The zero-order valence-corrected chi connectivity index (χ0v) is 5.76. The molecule has 0 aromatic carbocycles. The van der Waals surface area contributed by atoms with Crippen molar-refractivity contribution in [2.24, 2.45) is 5.73 Å². The average molecular weight is 157 g/mol. The lowest BCUT2D eigenvalue weighted by molar-refractivity contribution is -0.758. The summed E-state index contributed by atoms with van der Waals surface area (Å²) in [5, 5.41) is 8.57. The van der Waals surface area contributed by atoms with Crippen molar-refractivity contribution in [2.75, 3.05) is 6.61 Å². The lowest BCUT2D eigenvalue weighted by atomic mass is 10.4. The Bertz CT molecular complexity index is 87.1. The van der Waals surface area contributed by atoms with E-state index >= 15 is 0 Å². The molecule has 5 nitrogen and oxygen atoms in total. The van der Waals surface area contributed by atoms with Gasteiger partial charge in [0.1, 0.15) is 6.61 Å².